The van der Waals surface area contributed by atoms with Gasteiger partial charge in [0.25, 0.3) is 0 Å². The third-order valence-corrected chi connectivity index (χ3v) is 3.09. The zero-order valence-electron chi connectivity index (χ0n) is 12.3. The van der Waals surface area contributed by atoms with Gasteiger partial charge in [-0.25, -0.2) is 4.79 Å². The average molecular weight is 285 g/mol. The third-order valence-electron chi connectivity index (χ3n) is 3.09. The van der Waals surface area contributed by atoms with Crippen LogP contribution in [0.25, 0.3) is 11.8 Å². The summed E-state index contributed by atoms with van der Waals surface area (Å²) in [6, 6.07) is 13.1. The molecule has 0 saturated carbocycles. The standard InChI is InChI=1S/C17H19NO3/c1-3-18(4-2)17(19)21-16(13-15-11-8-12-20-15)14-9-6-5-7-10-14/h5-13H,3-4H2,1-2H3/b16-13-. The summed E-state index contributed by atoms with van der Waals surface area (Å²) in [6.45, 7) is 5.06. The molecule has 4 heteroatoms. The predicted molar refractivity (Wildman–Crippen MR) is 82.4 cm³/mol. The van der Waals surface area contributed by atoms with Crippen LogP contribution in [-0.2, 0) is 4.74 Å². The fourth-order valence-corrected chi connectivity index (χ4v) is 1.92. The third kappa shape index (κ3) is 3.99. The van der Waals surface area contributed by atoms with E-state index in [1.165, 1.54) is 0 Å². The van der Waals surface area contributed by atoms with E-state index >= 15 is 0 Å². The van der Waals surface area contributed by atoms with Crippen LogP contribution in [0.3, 0.4) is 0 Å². The van der Waals surface area contributed by atoms with Gasteiger partial charge in [-0.3, -0.25) is 0 Å². The van der Waals surface area contributed by atoms with Crippen molar-refractivity contribution >= 4 is 17.9 Å². The summed E-state index contributed by atoms with van der Waals surface area (Å²) in [4.78, 5) is 13.8. The van der Waals surface area contributed by atoms with Crippen LogP contribution in [0.4, 0.5) is 4.79 Å². The van der Waals surface area contributed by atoms with E-state index < -0.39 is 0 Å². The largest absolute Gasteiger partial charge is 0.465 e. The van der Waals surface area contributed by atoms with Gasteiger partial charge in [0.15, 0.2) is 0 Å². The van der Waals surface area contributed by atoms with E-state index in [2.05, 4.69) is 0 Å². The molecule has 1 heterocycles. The van der Waals surface area contributed by atoms with E-state index in [0.717, 1.165) is 5.56 Å². The number of rotatable bonds is 5. The van der Waals surface area contributed by atoms with Gasteiger partial charge in [0.1, 0.15) is 11.5 Å². The molecule has 0 unspecified atom stereocenters. The second kappa shape index (κ2) is 7.33. The van der Waals surface area contributed by atoms with Gasteiger partial charge < -0.3 is 14.1 Å². The normalized spacial score (nSPS) is 11.2. The van der Waals surface area contributed by atoms with Crippen LogP contribution in [0, 0.1) is 0 Å². The maximum atomic E-state index is 12.1. The van der Waals surface area contributed by atoms with Crippen molar-refractivity contribution < 1.29 is 13.9 Å². The van der Waals surface area contributed by atoms with Crippen LogP contribution in [0.2, 0.25) is 0 Å². The maximum absolute atomic E-state index is 12.1. The number of hydrogen-bond donors (Lipinski definition) is 0. The Kier molecular flexibility index (Phi) is 5.21. The summed E-state index contributed by atoms with van der Waals surface area (Å²) in [5, 5.41) is 0. The average Bonchev–Trinajstić information content (AvgIpc) is 3.02. The summed E-state index contributed by atoms with van der Waals surface area (Å²) >= 11 is 0. The molecule has 0 aliphatic rings. The van der Waals surface area contributed by atoms with E-state index in [9.17, 15) is 4.79 Å². The molecule has 0 aliphatic heterocycles. The van der Waals surface area contributed by atoms with Gasteiger partial charge in [-0.05, 0) is 26.0 Å². The van der Waals surface area contributed by atoms with Gasteiger partial charge in [0.05, 0.1) is 6.26 Å². The minimum atomic E-state index is -0.360. The van der Waals surface area contributed by atoms with Gasteiger partial charge in [-0.1, -0.05) is 30.3 Å². The minimum Gasteiger partial charge on any atom is -0.465 e. The van der Waals surface area contributed by atoms with Gasteiger partial charge in [-0.15, -0.1) is 0 Å². The Morgan fingerprint density at radius 2 is 1.86 bits per heavy atom. The van der Waals surface area contributed by atoms with Crippen LogP contribution >= 0.6 is 0 Å². The highest BCUT2D eigenvalue weighted by atomic mass is 16.6. The molecule has 0 spiro atoms. The molecule has 0 fully saturated rings. The Bertz CT molecular complexity index is 584. The van der Waals surface area contributed by atoms with Crippen molar-refractivity contribution in [1.29, 1.82) is 0 Å². The first-order valence-electron chi connectivity index (χ1n) is 7.02. The zero-order valence-corrected chi connectivity index (χ0v) is 12.3. The molecule has 0 atom stereocenters. The van der Waals surface area contributed by atoms with Crippen molar-refractivity contribution in [1.82, 2.24) is 4.90 Å². The smallest absolute Gasteiger partial charge is 0.415 e. The first-order chi connectivity index (χ1) is 10.2. The molecule has 1 aromatic carbocycles. The summed E-state index contributed by atoms with van der Waals surface area (Å²) in [5.41, 5.74) is 0.828. The molecular weight excluding hydrogens is 266 g/mol. The summed E-state index contributed by atoms with van der Waals surface area (Å²) < 4.78 is 10.8. The van der Waals surface area contributed by atoms with Crippen molar-refractivity contribution in [2.24, 2.45) is 0 Å². The monoisotopic (exact) mass is 285 g/mol. The molecule has 2 rings (SSSR count). The summed E-state index contributed by atoms with van der Waals surface area (Å²) in [7, 11) is 0. The molecule has 4 nitrogen and oxygen atoms in total. The highest BCUT2D eigenvalue weighted by Gasteiger charge is 2.15. The van der Waals surface area contributed by atoms with Gasteiger partial charge in [0.2, 0.25) is 0 Å². The highest BCUT2D eigenvalue weighted by Crippen LogP contribution is 2.20. The second-order valence-corrected chi connectivity index (χ2v) is 4.43. The predicted octanol–water partition coefficient (Wildman–Crippen LogP) is 4.26. The Morgan fingerprint density at radius 1 is 1.14 bits per heavy atom. The van der Waals surface area contributed by atoms with Crippen LogP contribution in [0.15, 0.2) is 53.1 Å². The lowest BCUT2D eigenvalue weighted by atomic mass is 10.1. The van der Waals surface area contributed by atoms with E-state index in [0.29, 0.717) is 24.6 Å². The first-order valence-corrected chi connectivity index (χ1v) is 7.02. The quantitative estimate of drug-likeness (QED) is 0.771. The van der Waals surface area contributed by atoms with E-state index in [4.69, 9.17) is 9.15 Å². The molecule has 2 aromatic rings. The number of amides is 1. The molecule has 0 saturated heterocycles. The van der Waals surface area contributed by atoms with Crippen LogP contribution in [0.1, 0.15) is 25.2 Å². The molecule has 110 valence electrons. The van der Waals surface area contributed by atoms with Crippen molar-refractivity contribution in [2.45, 2.75) is 13.8 Å². The van der Waals surface area contributed by atoms with E-state index in [1.54, 1.807) is 23.3 Å². The van der Waals surface area contributed by atoms with Crippen LogP contribution in [-0.4, -0.2) is 24.1 Å². The first kappa shape index (κ1) is 14.9. The molecule has 0 aliphatic carbocycles. The summed E-state index contributed by atoms with van der Waals surface area (Å²) in [5.74, 6) is 1.11. The molecule has 1 amide bonds. The van der Waals surface area contributed by atoms with Crippen LogP contribution < -0.4 is 0 Å². The Morgan fingerprint density at radius 3 is 2.43 bits per heavy atom. The lowest BCUT2D eigenvalue weighted by Gasteiger charge is -2.19. The zero-order chi connectivity index (χ0) is 15.1. The Balaban J connectivity index is 2.27. The summed E-state index contributed by atoms with van der Waals surface area (Å²) in [6.07, 6.45) is 2.94. The Hall–Kier alpha value is -2.49. The highest BCUT2D eigenvalue weighted by molar-refractivity contribution is 5.83. The number of hydrogen-bond acceptors (Lipinski definition) is 3. The van der Waals surface area contributed by atoms with E-state index in [1.807, 2.05) is 50.2 Å². The van der Waals surface area contributed by atoms with Crippen molar-refractivity contribution in [3.63, 3.8) is 0 Å². The molecule has 0 bridgehead atoms. The number of furan rings is 1. The van der Waals surface area contributed by atoms with Gasteiger partial charge in [0, 0.05) is 24.7 Å². The number of benzene rings is 1. The van der Waals surface area contributed by atoms with E-state index in [-0.39, 0.29) is 6.09 Å². The topological polar surface area (TPSA) is 42.7 Å². The van der Waals surface area contributed by atoms with Gasteiger partial charge in [-0.2, -0.15) is 0 Å². The van der Waals surface area contributed by atoms with Crippen molar-refractivity contribution in [3.05, 3.63) is 60.1 Å². The molecule has 0 N–H and O–H groups in total. The lowest BCUT2D eigenvalue weighted by Crippen LogP contribution is -2.30. The molecular formula is C17H19NO3. The number of carbonyl (C=O) groups excluding carboxylic acids is 1. The second-order valence-electron chi connectivity index (χ2n) is 4.43. The van der Waals surface area contributed by atoms with Crippen molar-refractivity contribution in [2.75, 3.05) is 13.1 Å². The SMILES string of the molecule is CCN(CC)C(=O)O/C(=C\c1ccco1)c1ccccc1. The number of nitrogens with zero attached hydrogens (tertiary/aromatic N) is 1. The molecule has 0 radical (unpaired) electrons. The Labute approximate surface area is 124 Å². The number of ether oxygens (including phenoxy) is 1. The van der Waals surface area contributed by atoms with Crippen LogP contribution in [0.5, 0.6) is 0 Å². The maximum Gasteiger partial charge on any atom is 0.415 e. The number of carbonyl (C=O) groups is 1. The van der Waals surface area contributed by atoms with Gasteiger partial charge >= 0.3 is 6.09 Å². The minimum absolute atomic E-state index is 0.360. The fourth-order valence-electron chi connectivity index (χ4n) is 1.92. The fraction of sp³-hybridized carbons (Fsp3) is 0.235. The lowest BCUT2D eigenvalue weighted by molar-refractivity contribution is 0.148. The van der Waals surface area contributed by atoms with Crippen molar-refractivity contribution in [3.8, 4) is 0 Å². The molecule has 21 heavy (non-hydrogen) atoms. The molecule has 1 aromatic heterocycles.